The molecule has 140 valence electrons. The molecule has 0 saturated carbocycles. The molecule has 1 heterocycles. The van der Waals surface area contributed by atoms with E-state index in [9.17, 15) is 9.59 Å². The lowest BCUT2D eigenvalue weighted by molar-refractivity contribution is -0.134. The van der Waals surface area contributed by atoms with Gasteiger partial charge in [0.2, 0.25) is 11.8 Å². The Morgan fingerprint density at radius 3 is 2.77 bits per heavy atom. The quantitative estimate of drug-likeness (QED) is 0.305. The Hall–Kier alpha value is -2.81. The van der Waals surface area contributed by atoms with Crippen molar-refractivity contribution in [3.63, 3.8) is 0 Å². The number of fused-ring (bicyclic) bond motifs is 1. The minimum absolute atomic E-state index is 0.0936. The summed E-state index contributed by atoms with van der Waals surface area (Å²) < 4.78 is 0. The normalized spacial score (nSPS) is 11.8. The van der Waals surface area contributed by atoms with E-state index in [4.69, 9.17) is 5.21 Å². The van der Waals surface area contributed by atoms with Crippen LogP contribution in [0, 0.1) is 12.8 Å². The van der Waals surface area contributed by atoms with Crippen LogP contribution in [0.15, 0.2) is 18.2 Å². The number of hydroxylamine groups is 1. The molecular weight excluding hydrogens is 336 g/mol. The summed E-state index contributed by atoms with van der Waals surface area (Å²) in [4.78, 5) is 28.1. The third kappa shape index (κ3) is 5.35. The number of nitrogens with zero attached hydrogens (tertiary/aromatic N) is 3. The van der Waals surface area contributed by atoms with E-state index in [1.165, 1.54) is 0 Å². The average Bonchev–Trinajstić information content (AvgIpc) is 2.65. The highest BCUT2D eigenvalue weighted by Crippen LogP contribution is 2.16. The number of para-hydroxylation sites is 1. The number of hydrogen-bond acceptors (Lipinski definition) is 7. The lowest BCUT2D eigenvalue weighted by atomic mass is 9.97. The maximum atomic E-state index is 12.4. The van der Waals surface area contributed by atoms with Crippen LogP contribution in [0.1, 0.15) is 44.6 Å². The second-order valence-corrected chi connectivity index (χ2v) is 6.12. The van der Waals surface area contributed by atoms with Crippen LogP contribution in [-0.4, -0.2) is 32.2 Å². The van der Waals surface area contributed by atoms with E-state index in [0.717, 1.165) is 24.8 Å². The van der Waals surface area contributed by atoms with Gasteiger partial charge in [0.25, 0.3) is 5.95 Å². The minimum atomic E-state index is -0.596. The van der Waals surface area contributed by atoms with Crippen molar-refractivity contribution in [2.45, 2.75) is 46.0 Å². The lowest BCUT2D eigenvalue weighted by Crippen LogP contribution is -2.38. The molecule has 4 N–H and O–H groups in total. The topological polar surface area (TPSA) is 129 Å². The molecule has 0 aliphatic carbocycles. The molecule has 1 aromatic heterocycles. The smallest absolute Gasteiger partial charge is 0.262 e. The molecule has 1 aromatic carbocycles. The summed E-state index contributed by atoms with van der Waals surface area (Å²) in [6, 6.07) is 5.59. The summed E-state index contributed by atoms with van der Waals surface area (Å²) in [6.45, 7) is 3.97. The van der Waals surface area contributed by atoms with Crippen LogP contribution in [0.25, 0.3) is 11.0 Å². The number of nitrogens with one attached hydrogen (secondary N) is 3. The Labute approximate surface area is 151 Å². The molecule has 1 atom stereocenters. The molecule has 0 spiro atoms. The molecule has 2 aromatic rings. The Balaban J connectivity index is 2.01. The number of anilines is 1. The van der Waals surface area contributed by atoms with Crippen LogP contribution >= 0.6 is 0 Å². The van der Waals surface area contributed by atoms with E-state index in [-0.39, 0.29) is 18.3 Å². The molecule has 0 fully saturated rings. The number of unbranched alkanes of at least 4 members (excludes halogenated alkanes) is 2. The van der Waals surface area contributed by atoms with Crippen molar-refractivity contribution in [3.05, 3.63) is 23.8 Å². The molecule has 2 rings (SSSR count). The van der Waals surface area contributed by atoms with Crippen molar-refractivity contribution in [2.75, 3.05) is 5.43 Å². The van der Waals surface area contributed by atoms with E-state index in [1.54, 1.807) is 5.48 Å². The van der Waals surface area contributed by atoms with Crippen LogP contribution in [0.4, 0.5) is 5.95 Å². The molecule has 0 unspecified atom stereocenters. The molecule has 0 radical (unpaired) electrons. The maximum absolute atomic E-state index is 12.4. The van der Waals surface area contributed by atoms with Gasteiger partial charge in [-0.05, 0) is 25.0 Å². The number of hydrazine groups is 1. The van der Waals surface area contributed by atoms with Gasteiger partial charge in [0.05, 0.1) is 5.52 Å². The van der Waals surface area contributed by atoms with Crippen LogP contribution in [0.5, 0.6) is 0 Å². The van der Waals surface area contributed by atoms with Gasteiger partial charge in [0.15, 0.2) is 0 Å². The third-order valence-corrected chi connectivity index (χ3v) is 4.07. The van der Waals surface area contributed by atoms with Crippen molar-refractivity contribution in [2.24, 2.45) is 5.92 Å². The van der Waals surface area contributed by atoms with Crippen molar-refractivity contribution in [1.29, 1.82) is 0 Å². The number of aromatic nitrogens is 3. The van der Waals surface area contributed by atoms with E-state index in [0.29, 0.717) is 17.5 Å². The zero-order valence-electron chi connectivity index (χ0n) is 15.0. The highest BCUT2D eigenvalue weighted by atomic mass is 16.5. The SMILES string of the molecule is CCCCC[C@H](CC(=O)NO)C(=O)NNc1nnc2cccc(C)c2n1. The summed E-state index contributed by atoms with van der Waals surface area (Å²) >= 11 is 0. The van der Waals surface area contributed by atoms with Gasteiger partial charge in [-0.3, -0.25) is 25.6 Å². The molecule has 2 amide bonds. The number of benzene rings is 1. The predicted molar refractivity (Wildman–Crippen MR) is 96.0 cm³/mol. The zero-order valence-corrected chi connectivity index (χ0v) is 15.0. The van der Waals surface area contributed by atoms with E-state index in [2.05, 4.69) is 33.0 Å². The Kier molecular flexibility index (Phi) is 7.22. The van der Waals surface area contributed by atoms with Crippen LogP contribution in [0.2, 0.25) is 0 Å². The first-order valence-corrected chi connectivity index (χ1v) is 8.64. The van der Waals surface area contributed by atoms with E-state index in [1.807, 2.05) is 25.1 Å². The fourth-order valence-electron chi connectivity index (χ4n) is 2.61. The largest absolute Gasteiger partial charge is 0.289 e. The Bertz CT molecular complexity index is 767. The number of carbonyl (C=O) groups is 2. The van der Waals surface area contributed by atoms with Crippen molar-refractivity contribution < 1.29 is 14.8 Å². The zero-order chi connectivity index (χ0) is 18.9. The van der Waals surface area contributed by atoms with Crippen LogP contribution in [-0.2, 0) is 9.59 Å². The highest BCUT2D eigenvalue weighted by molar-refractivity contribution is 5.86. The van der Waals surface area contributed by atoms with Gasteiger partial charge in [-0.15, -0.1) is 10.2 Å². The van der Waals surface area contributed by atoms with Gasteiger partial charge in [0, 0.05) is 12.3 Å². The average molecular weight is 360 g/mol. The molecule has 9 nitrogen and oxygen atoms in total. The van der Waals surface area contributed by atoms with Crippen LogP contribution in [0.3, 0.4) is 0 Å². The maximum Gasteiger partial charge on any atom is 0.262 e. The highest BCUT2D eigenvalue weighted by Gasteiger charge is 2.21. The number of aryl methyl sites for hydroxylation is 1. The van der Waals surface area contributed by atoms with Gasteiger partial charge in [0.1, 0.15) is 5.52 Å². The monoisotopic (exact) mass is 360 g/mol. The minimum Gasteiger partial charge on any atom is -0.289 e. The summed E-state index contributed by atoms with van der Waals surface area (Å²) in [5.41, 5.74) is 9.04. The first kappa shape index (κ1) is 19.5. The summed E-state index contributed by atoms with van der Waals surface area (Å²) in [6.07, 6.45) is 3.25. The number of amides is 2. The number of carbonyl (C=O) groups excluding carboxylic acids is 2. The Morgan fingerprint density at radius 1 is 1.23 bits per heavy atom. The van der Waals surface area contributed by atoms with Gasteiger partial charge < -0.3 is 0 Å². The van der Waals surface area contributed by atoms with E-state index >= 15 is 0 Å². The second-order valence-electron chi connectivity index (χ2n) is 6.12. The second kappa shape index (κ2) is 9.62. The summed E-state index contributed by atoms with van der Waals surface area (Å²) in [5.74, 6) is -1.35. The van der Waals surface area contributed by atoms with Gasteiger partial charge in [-0.2, -0.15) is 0 Å². The molecule has 9 heteroatoms. The number of hydrogen-bond donors (Lipinski definition) is 4. The first-order chi connectivity index (χ1) is 12.5. The molecule has 26 heavy (non-hydrogen) atoms. The molecular formula is C17H24N6O3. The van der Waals surface area contributed by atoms with Gasteiger partial charge in [-0.25, -0.2) is 10.5 Å². The lowest BCUT2D eigenvalue weighted by Gasteiger charge is -2.16. The van der Waals surface area contributed by atoms with Crippen molar-refractivity contribution in [3.8, 4) is 0 Å². The molecule has 0 aliphatic rings. The Morgan fingerprint density at radius 2 is 2.04 bits per heavy atom. The third-order valence-electron chi connectivity index (χ3n) is 4.07. The van der Waals surface area contributed by atoms with Crippen LogP contribution < -0.4 is 16.3 Å². The van der Waals surface area contributed by atoms with E-state index < -0.39 is 11.8 Å². The standard InChI is InChI=1S/C17H24N6O3/c1-3-4-5-8-12(10-14(24)23-26)16(25)20-22-17-18-15-11(2)7-6-9-13(15)19-21-17/h6-7,9,12,26H,3-5,8,10H2,1-2H3,(H,20,25)(H,23,24)(H,18,21,22)/t12-/m1/s1. The molecule has 0 saturated heterocycles. The van der Waals surface area contributed by atoms with Gasteiger partial charge >= 0.3 is 0 Å². The fraction of sp³-hybridized carbons (Fsp3) is 0.471. The van der Waals surface area contributed by atoms with Gasteiger partial charge in [-0.1, -0.05) is 38.3 Å². The number of rotatable bonds is 9. The first-order valence-electron chi connectivity index (χ1n) is 8.64. The van der Waals surface area contributed by atoms with Crippen molar-refractivity contribution in [1.82, 2.24) is 26.1 Å². The molecule has 0 aliphatic heterocycles. The predicted octanol–water partition coefficient (Wildman–Crippen LogP) is 1.87. The summed E-state index contributed by atoms with van der Waals surface area (Å²) in [5, 5.41) is 16.7. The summed E-state index contributed by atoms with van der Waals surface area (Å²) in [7, 11) is 0. The molecule has 0 bridgehead atoms. The van der Waals surface area contributed by atoms with Crippen molar-refractivity contribution >= 4 is 28.8 Å². The fourth-order valence-corrected chi connectivity index (χ4v) is 2.61.